The molecule has 66 valence electrons. The van der Waals surface area contributed by atoms with Gasteiger partial charge in [-0.1, -0.05) is 0 Å². The molecule has 0 spiro atoms. The van der Waals surface area contributed by atoms with Crippen LogP contribution in [-0.2, 0) is 4.74 Å². The molecule has 0 unspecified atom stereocenters. The van der Waals surface area contributed by atoms with E-state index >= 15 is 0 Å². The molecule has 1 heterocycles. The zero-order valence-electron chi connectivity index (χ0n) is 5.77. The lowest BCUT2D eigenvalue weighted by atomic mass is 10.1. The molecule has 2 nitrogen and oxygen atoms in total. The lowest BCUT2D eigenvalue weighted by molar-refractivity contribution is -0.240. The molecule has 1 rings (SSSR count). The van der Waals surface area contributed by atoms with Crippen molar-refractivity contribution in [3.8, 4) is 0 Å². The molecule has 0 aromatic rings. The Labute approximate surface area is 62.0 Å². The Hall–Kier alpha value is -0.290. The molecule has 1 N–H and O–H groups in total. The zero-order chi connectivity index (χ0) is 8.48. The maximum atomic E-state index is 11.9. The summed E-state index contributed by atoms with van der Waals surface area (Å²) < 4.78 is 40.1. The van der Waals surface area contributed by atoms with Gasteiger partial charge in [-0.05, 0) is 6.42 Å². The molecule has 0 aromatic carbocycles. The van der Waals surface area contributed by atoms with Crippen molar-refractivity contribution in [3.63, 3.8) is 0 Å². The average molecular weight is 170 g/mol. The monoisotopic (exact) mass is 170 g/mol. The highest BCUT2D eigenvalue weighted by Gasteiger charge is 2.43. The Morgan fingerprint density at radius 2 is 2.00 bits per heavy atom. The number of hydrogen-bond donors (Lipinski definition) is 1. The van der Waals surface area contributed by atoms with Gasteiger partial charge >= 0.3 is 6.18 Å². The van der Waals surface area contributed by atoms with Gasteiger partial charge in [0, 0.05) is 13.0 Å². The summed E-state index contributed by atoms with van der Waals surface area (Å²) in [5.41, 5.74) is 0. The second-order valence-corrected chi connectivity index (χ2v) is 2.58. The van der Waals surface area contributed by atoms with E-state index in [0.717, 1.165) is 0 Å². The van der Waals surface area contributed by atoms with E-state index in [-0.39, 0.29) is 13.0 Å². The number of halogens is 3. The Morgan fingerprint density at radius 3 is 2.36 bits per heavy atom. The predicted octanol–water partition coefficient (Wildman–Crippen LogP) is 1.09. The standard InChI is InChI=1S/C6H9F3O2/c7-6(8,9)5-3-4(10)1-2-11-5/h4-5,10H,1-3H2/t4-,5-/m1/s1. The van der Waals surface area contributed by atoms with E-state index in [9.17, 15) is 13.2 Å². The Balaban J connectivity index is 2.46. The molecule has 11 heavy (non-hydrogen) atoms. The first-order valence-electron chi connectivity index (χ1n) is 3.36. The third-order valence-corrected chi connectivity index (χ3v) is 1.62. The second kappa shape index (κ2) is 2.98. The van der Waals surface area contributed by atoms with E-state index in [4.69, 9.17) is 5.11 Å². The van der Waals surface area contributed by atoms with Crippen LogP contribution in [0, 0.1) is 0 Å². The number of rotatable bonds is 0. The highest BCUT2D eigenvalue weighted by molar-refractivity contribution is 4.76. The molecule has 5 heteroatoms. The SMILES string of the molecule is O[C@@H]1CCO[C@@H](C(F)(F)F)C1. The summed E-state index contributed by atoms with van der Waals surface area (Å²) >= 11 is 0. The molecule has 1 saturated heterocycles. The smallest absolute Gasteiger partial charge is 0.393 e. The third-order valence-electron chi connectivity index (χ3n) is 1.62. The van der Waals surface area contributed by atoms with Gasteiger partial charge in [0.05, 0.1) is 6.10 Å². The van der Waals surface area contributed by atoms with Crippen molar-refractivity contribution in [1.82, 2.24) is 0 Å². The molecule has 1 aliphatic heterocycles. The molecule has 0 amide bonds. The minimum atomic E-state index is -4.33. The van der Waals surface area contributed by atoms with Crippen molar-refractivity contribution in [1.29, 1.82) is 0 Å². The largest absolute Gasteiger partial charge is 0.414 e. The summed E-state index contributed by atoms with van der Waals surface area (Å²) in [6.07, 6.45) is -7.00. The first kappa shape index (κ1) is 8.80. The van der Waals surface area contributed by atoms with Crippen molar-refractivity contribution in [3.05, 3.63) is 0 Å². The normalized spacial score (nSPS) is 33.8. The summed E-state index contributed by atoms with van der Waals surface area (Å²) in [5, 5.41) is 8.86. The van der Waals surface area contributed by atoms with E-state index in [1.54, 1.807) is 0 Å². The fraction of sp³-hybridized carbons (Fsp3) is 1.00. The lowest BCUT2D eigenvalue weighted by Crippen LogP contribution is -2.39. The molecular weight excluding hydrogens is 161 g/mol. The Kier molecular flexibility index (Phi) is 2.39. The number of alkyl halides is 3. The molecule has 0 aromatic heterocycles. The van der Waals surface area contributed by atoms with Gasteiger partial charge in [-0.15, -0.1) is 0 Å². The van der Waals surface area contributed by atoms with Crippen molar-refractivity contribution < 1.29 is 23.0 Å². The van der Waals surface area contributed by atoms with Crippen molar-refractivity contribution >= 4 is 0 Å². The summed E-state index contributed by atoms with van der Waals surface area (Å²) in [4.78, 5) is 0. The van der Waals surface area contributed by atoms with Gasteiger partial charge in [-0.25, -0.2) is 0 Å². The topological polar surface area (TPSA) is 29.5 Å². The highest BCUT2D eigenvalue weighted by Crippen LogP contribution is 2.29. The summed E-state index contributed by atoms with van der Waals surface area (Å²) in [6, 6.07) is 0. The van der Waals surface area contributed by atoms with Gasteiger partial charge in [0.15, 0.2) is 6.10 Å². The Morgan fingerprint density at radius 1 is 1.36 bits per heavy atom. The van der Waals surface area contributed by atoms with Gasteiger partial charge in [0.25, 0.3) is 0 Å². The maximum Gasteiger partial charge on any atom is 0.414 e. The van der Waals surface area contributed by atoms with Crippen LogP contribution in [0.25, 0.3) is 0 Å². The van der Waals surface area contributed by atoms with Gasteiger partial charge in [0.1, 0.15) is 0 Å². The third kappa shape index (κ3) is 2.34. The van der Waals surface area contributed by atoms with Crippen molar-refractivity contribution in [2.24, 2.45) is 0 Å². The van der Waals surface area contributed by atoms with Crippen LogP contribution in [0.5, 0.6) is 0 Å². The molecule has 2 atom stereocenters. The minimum Gasteiger partial charge on any atom is -0.393 e. The van der Waals surface area contributed by atoms with Crippen LogP contribution in [0.2, 0.25) is 0 Å². The average Bonchev–Trinajstić information content (AvgIpc) is 1.86. The van der Waals surface area contributed by atoms with Gasteiger partial charge in [0.2, 0.25) is 0 Å². The first-order valence-corrected chi connectivity index (χ1v) is 3.36. The molecular formula is C6H9F3O2. The van der Waals surface area contributed by atoms with Gasteiger partial charge in [-0.2, -0.15) is 13.2 Å². The van der Waals surface area contributed by atoms with Gasteiger partial charge in [-0.3, -0.25) is 0 Å². The van der Waals surface area contributed by atoms with E-state index in [0.29, 0.717) is 6.42 Å². The van der Waals surface area contributed by atoms with Gasteiger partial charge < -0.3 is 9.84 Å². The lowest BCUT2D eigenvalue weighted by Gasteiger charge is -2.27. The van der Waals surface area contributed by atoms with E-state index in [1.165, 1.54) is 0 Å². The zero-order valence-corrected chi connectivity index (χ0v) is 5.77. The predicted molar refractivity (Wildman–Crippen MR) is 31.0 cm³/mol. The van der Waals surface area contributed by atoms with E-state index in [1.807, 2.05) is 0 Å². The molecule has 0 radical (unpaired) electrons. The number of aliphatic hydroxyl groups is 1. The fourth-order valence-electron chi connectivity index (χ4n) is 1.01. The van der Waals surface area contributed by atoms with Crippen LogP contribution < -0.4 is 0 Å². The minimum absolute atomic E-state index is 0.00859. The first-order chi connectivity index (χ1) is 5.00. The van der Waals surface area contributed by atoms with E-state index < -0.39 is 18.4 Å². The summed E-state index contributed by atoms with van der Waals surface area (Å²) in [5.74, 6) is 0. The number of ether oxygens (including phenoxy) is 1. The molecule has 0 bridgehead atoms. The van der Waals surface area contributed by atoms with Crippen LogP contribution >= 0.6 is 0 Å². The Bertz CT molecular complexity index is 134. The fourth-order valence-corrected chi connectivity index (χ4v) is 1.01. The highest BCUT2D eigenvalue weighted by atomic mass is 19.4. The summed E-state index contributed by atoms with van der Waals surface area (Å²) in [6.45, 7) is -0.00859. The van der Waals surface area contributed by atoms with Crippen LogP contribution in [0.4, 0.5) is 13.2 Å². The van der Waals surface area contributed by atoms with Crippen LogP contribution in [-0.4, -0.2) is 30.1 Å². The molecule has 1 fully saturated rings. The number of aliphatic hydroxyl groups excluding tert-OH is 1. The molecule has 0 saturated carbocycles. The van der Waals surface area contributed by atoms with Crippen molar-refractivity contribution in [2.45, 2.75) is 31.2 Å². The summed E-state index contributed by atoms with van der Waals surface area (Å²) in [7, 11) is 0. The maximum absolute atomic E-state index is 11.9. The molecule has 0 aliphatic carbocycles. The molecule has 1 aliphatic rings. The van der Waals surface area contributed by atoms with Crippen LogP contribution in [0.1, 0.15) is 12.8 Å². The van der Waals surface area contributed by atoms with Crippen LogP contribution in [0.15, 0.2) is 0 Å². The van der Waals surface area contributed by atoms with Crippen LogP contribution in [0.3, 0.4) is 0 Å². The van der Waals surface area contributed by atoms with Crippen molar-refractivity contribution in [2.75, 3.05) is 6.61 Å². The number of hydrogen-bond acceptors (Lipinski definition) is 2. The second-order valence-electron chi connectivity index (χ2n) is 2.58. The quantitative estimate of drug-likeness (QED) is 0.589. The van der Waals surface area contributed by atoms with E-state index in [2.05, 4.69) is 4.74 Å².